The lowest BCUT2D eigenvalue weighted by Crippen LogP contribution is -2.46. The fraction of sp³-hybridized carbons (Fsp3) is 0.833. The summed E-state index contributed by atoms with van der Waals surface area (Å²) in [7, 11) is 0. The van der Waals surface area contributed by atoms with E-state index in [-0.39, 0.29) is 17.9 Å². The van der Waals surface area contributed by atoms with E-state index in [0.29, 0.717) is 12.8 Å². The van der Waals surface area contributed by atoms with Crippen LogP contribution in [0.2, 0.25) is 0 Å². The Morgan fingerprint density at radius 1 is 1.41 bits per heavy atom. The SMILES string of the molecule is CC(C)C[C@H](NC(=O)[C@@H]1CC[C@H](C)O1)C(=O)O. The molecule has 17 heavy (non-hydrogen) atoms. The van der Waals surface area contributed by atoms with Crippen molar-refractivity contribution in [1.29, 1.82) is 0 Å². The van der Waals surface area contributed by atoms with Crippen molar-refractivity contribution in [3.05, 3.63) is 0 Å². The van der Waals surface area contributed by atoms with Crippen molar-refractivity contribution >= 4 is 11.9 Å². The van der Waals surface area contributed by atoms with Crippen molar-refractivity contribution in [2.45, 2.75) is 58.3 Å². The summed E-state index contributed by atoms with van der Waals surface area (Å²) in [5.74, 6) is -1.07. The van der Waals surface area contributed by atoms with Crippen molar-refractivity contribution in [2.24, 2.45) is 5.92 Å². The molecule has 1 fully saturated rings. The first-order valence-corrected chi connectivity index (χ1v) is 6.08. The van der Waals surface area contributed by atoms with Gasteiger partial charge in [-0.25, -0.2) is 4.79 Å². The molecule has 0 aromatic heterocycles. The molecule has 0 aromatic carbocycles. The number of nitrogens with one attached hydrogen (secondary N) is 1. The molecule has 0 spiro atoms. The van der Waals surface area contributed by atoms with E-state index < -0.39 is 18.1 Å². The Morgan fingerprint density at radius 3 is 2.47 bits per heavy atom. The Labute approximate surface area is 102 Å². The fourth-order valence-electron chi connectivity index (χ4n) is 1.95. The van der Waals surface area contributed by atoms with E-state index in [1.807, 2.05) is 20.8 Å². The van der Waals surface area contributed by atoms with Crippen molar-refractivity contribution in [3.8, 4) is 0 Å². The van der Waals surface area contributed by atoms with Crippen LogP contribution >= 0.6 is 0 Å². The second-order valence-electron chi connectivity index (χ2n) is 5.04. The molecule has 3 atom stereocenters. The van der Waals surface area contributed by atoms with E-state index in [1.165, 1.54) is 0 Å². The third-order valence-corrected chi connectivity index (χ3v) is 2.85. The number of carboxylic acid groups (broad SMARTS) is 1. The van der Waals surface area contributed by atoms with Crippen molar-refractivity contribution in [3.63, 3.8) is 0 Å². The second kappa shape index (κ2) is 6.00. The number of ether oxygens (including phenoxy) is 1. The minimum absolute atomic E-state index is 0.0825. The van der Waals surface area contributed by atoms with Gasteiger partial charge >= 0.3 is 5.97 Å². The third-order valence-electron chi connectivity index (χ3n) is 2.85. The van der Waals surface area contributed by atoms with E-state index in [2.05, 4.69) is 5.32 Å². The van der Waals surface area contributed by atoms with E-state index in [9.17, 15) is 9.59 Å². The Kier molecular flexibility index (Phi) is 4.93. The number of aliphatic carboxylic acids is 1. The minimum Gasteiger partial charge on any atom is -0.480 e. The van der Waals surface area contributed by atoms with Gasteiger partial charge in [-0.3, -0.25) is 4.79 Å². The standard InChI is InChI=1S/C12H21NO4/c1-7(2)6-9(12(15)16)13-11(14)10-5-4-8(3)17-10/h7-10H,4-6H2,1-3H3,(H,13,14)(H,15,16)/t8-,9-,10-/m0/s1. The molecule has 2 N–H and O–H groups in total. The maximum Gasteiger partial charge on any atom is 0.326 e. The highest BCUT2D eigenvalue weighted by Gasteiger charge is 2.31. The van der Waals surface area contributed by atoms with Crippen LogP contribution in [0.4, 0.5) is 0 Å². The number of carbonyl (C=O) groups is 2. The molecule has 0 aromatic rings. The predicted octanol–water partition coefficient (Wildman–Crippen LogP) is 1.17. The van der Waals surface area contributed by atoms with Gasteiger partial charge in [0.25, 0.3) is 0 Å². The van der Waals surface area contributed by atoms with Crippen molar-refractivity contribution < 1.29 is 19.4 Å². The zero-order valence-corrected chi connectivity index (χ0v) is 10.6. The van der Waals surface area contributed by atoms with E-state index in [1.54, 1.807) is 0 Å². The van der Waals surface area contributed by atoms with Gasteiger partial charge in [-0.1, -0.05) is 13.8 Å². The first kappa shape index (κ1) is 14.0. The van der Waals surface area contributed by atoms with E-state index in [4.69, 9.17) is 9.84 Å². The van der Waals surface area contributed by atoms with Crippen LogP contribution in [-0.2, 0) is 14.3 Å². The Balaban J connectivity index is 2.49. The molecule has 1 amide bonds. The average molecular weight is 243 g/mol. The van der Waals surface area contributed by atoms with E-state index >= 15 is 0 Å². The zero-order chi connectivity index (χ0) is 13.0. The first-order chi connectivity index (χ1) is 7.90. The topological polar surface area (TPSA) is 75.6 Å². The summed E-state index contributed by atoms with van der Waals surface area (Å²) < 4.78 is 5.40. The number of carboxylic acids is 1. The fourth-order valence-corrected chi connectivity index (χ4v) is 1.95. The molecule has 0 radical (unpaired) electrons. The predicted molar refractivity (Wildman–Crippen MR) is 62.6 cm³/mol. The van der Waals surface area contributed by atoms with Gasteiger partial charge in [0.1, 0.15) is 12.1 Å². The van der Waals surface area contributed by atoms with Gasteiger partial charge in [-0.05, 0) is 32.1 Å². The smallest absolute Gasteiger partial charge is 0.326 e. The first-order valence-electron chi connectivity index (χ1n) is 6.08. The van der Waals surface area contributed by atoms with Crippen molar-refractivity contribution in [1.82, 2.24) is 5.32 Å². The molecule has 5 nitrogen and oxygen atoms in total. The zero-order valence-electron chi connectivity index (χ0n) is 10.6. The van der Waals surface area contributed by atoms with Crippen LogP contribution in [0.5, 0.6) is 0 Å². The van der Waals surface area contributed by atoms with Crippen LogP contribution in [0.25, 0.3) is 0 Å². The number of rotatable bonds is 5. The lowest BCUT2D eigenvalue weighted by molar-refractivity contribution is -0.144. The van der Waals surface area contributed by atoms with Gasteiger partial charge in [0.15, 0.2) is 0 Å². The molecule has 0 bridgehead atoms. The monoisotopic (exact) mass is 243 g/mol. The maximum absolute atomic E-state index is 11.8. The van der Waals surface area contributed by atoms with Gasteiger partial charge in [0.2, 0.25) is 5.91 Å². The van der Waals surface area contributed by atoms with Crippen LogP contribution in [0, 0.1) is 5.92 Å². The Hall–Kier alpha value is -1.10. The van der Waals surface area contributed by atoms with Crippen LogP contribution in [0.1, 0.15) is 40.0 Å². The second-order valence-corrected chi connectivity index (χ2v) is 5.04. The average Bonchev–Trinajstić information content (AvgIpc) is 2.63. The molecule has 1 aliphatic rings. The highest BCUT2D eigenvalue weighted by molar-refractivity contribution is 5.86. The molecule has 1 heterocycles. The maximum atomic E-state index is 11.8. The van der Waals surface area contributed by atoms with E-state index in [0.717, 1.165) is 6.42 Å². The van der Waals surface area contributed by atoms with Gasteiger partial charge < -0.3 is 15.2 Å². The molecular formula is C12H21NO4. The highest BCUT2D eigenvalue weighted by Crippen LogP contribution is 2.19. The summed E-state index contributed by atoms with van der Waals surface area (Å²) in [6.45, 7) is 5.77. The van der Waals surface area contributed by atoms with Gasteiger partial charge in [0.05, 0.1) is 6.10 Å². The number of hydrogen-bond donors (Lipinski definition) is 2. The summed E-state index contributed by atoms with van der Waals surface area (Å²) in [5, 5.41) is 11.6. The molecule has 5 heteroatoms. The quantitative estimate of drug-likeness (QED) is 0.760. The molecule has 98 valence electrons. The summed E-state index contributed by atoms with van der Waals surface area (Å²) >= 11 is 0. The van der Waals surface area contributed by atoms with Crippen molar-refractivity contribution in [2.75, 3.05) is 0 Å². The molecule has 0 saturated carbocycles. The third kappa shape index (κ3) is 4.34. The lowest BCUT2D eigenvalue weighted by atomic mass is 10.0. The van der Waals surface area contributed by atoms with Crippen LogP contribution in [-0.4, -0.2) is 35.2 Å². The van der Waals surface area contributed by atoms with Gasteiger partial charge in [0, 0.05) is 0 Å². The summed E-state index contributed by atoms with van der Waals surface area (Å²) in [4.78, 5) is 22.8. The number of carbonyl (C=O) groups excluding carboxylic acids is 1. The summed E-state index contributed by atoms with van der Waals surface area (Å²) in [5.41, 5.74) is 0. The summed E-state index contributed by atoms with van der Waals surface area (Å²) in [6.07, 6.45) is 1.54. The van der Waals surface area contributed by atoms with Crippen LogP contribution in [0.15, 0.2) is 0 Å². The number of hydrogen-bond acceptors (Lipinski definition) is 3. The molecule has 1 saturated heterocycles. The summed E-state index contributed by atoms with van der Waals surface area (Å²) in [6, 6.07) is -0.818. The van der Waals surface area contributed by atoms with Gasteiger partial charge in [-0.2, -0.15) is 0 Å². The molecule has 0 unspecified atom stereocenters. The number of amides is 1. The minimum atomic E-state index is -0.988. The normalized spacial score (nSPS) is 25.9. The highest BCUT2D eigenvalue weighted by atomic mass is 16.5. The van der Waals surface area contributed by atoms with Crippen LogP contribution in [0.3, 0.4) is 0 Å². The molecule has 1 rings (SSSR count). The molecule has 0 aliphatic carbocycles. The largest absolute Gasteiger partial charge is 0.480 e. The lowest BCUT2D eigenvalue weighted by Gasteiger charge is -2.19. The molecular weight excluding hydrogens is 222 g/mol. The molecule has 1 aliphatic heterocycles. The Bertz CT molecular complexity index is 290. The van der Waals surface area contributed by atoms with Crippen LogP contribution < -0.4 is 5.32 Å². The Morgan fingerprint density at radius 2 is 2.06 bits per heavy atom. The van der Waals surface area contributed by atoms with Gasteiger partial charge in [-0.15, -0.1) is 0 Å².